The van der Waals surface area contributed by atoms with Crippen LogP contribution in [0, 0.1) is 5.41 Å². The Morgan fingerprint density at radius 1 is 1.20 bits per heavy atom. The Bertz CT molecular complexity index is 377. The second-order valence-corrected chi connectivity index (χ2v) is 5.24. The molecule has 3 rings (SSSR count). The first-order valence-corrected chi connectivity index (χ1v) is 6.04. The Morgan fingerprint density at radius 2 is 2.07 bits per heavy atom. The van der Waals surface area contributed by atoms with E-state index in [2.05, 4.69) is 18.2 Å². The van der Waals surface area contributed by atoms with Gasteiger partial charge in [-0.1, -0.05) is 18.2 Å². The molecule has 0 radical (unpaired) electrons. The quantitative estimate of drug-likeness (QED) is 0.798. The molecule has 0 atom stereocenters. The Morgan fingerprint density at radius 3 is 2.80 bits per heavy atom. The van der Waals surface area contributed by atoms with E-state index >= 15 is 0 Å². The first kappa shape index (κ1) is 9.41. The van der Waals surface area contributed by atoms with Gasteiger partial charge in [-0.2, -0.15) is 0 Å². The summed E-state index contributed by atoms with van der Waals surface area (Å²) in [5.41, 5.74) is 4.92. The molecule has 0 amide bonds. The molecule has 0 spiro atoms. The fraction of sp³-hybridized carbons (Fsp3) is 0.571. The number of hydrogen-bond donors (Lipinski definition) is 1. The molecule has 0 unspecified atom stereocenters. The van der Waals surface area contributed by atoms with Crippen LogP contribution in [0.2, 0.25) is 0 Å². The van der Waals surface area contributed by atoms with Crippen LogP contribution in [-0.4, -0.2) is 11.7 Å². The topological polar surface area (TPSA) is 20.2 Å². The molecule has 1 N–H and O–H groups in total. The van der Waals surface area contributed by atoms with Crippen molar-refractivity contribution in [2.75, 3.05) is 6.61 Å². The standard InChI is InChI=1S/C14H18O/c15-10-14(7-8-14)9-12-5-1-3-11-4-2-6-13(11)12/h1,3,5,15H,2,4,6-10H2. The van der Waals surface area contributed by atoms with Gasteiger partial charge in [-0.25, -0.2) is 0 Å². The highest BCUT2D eigenvalue weighted by atomic mass is 16.3. The van der Waals surface area contributed by atoms with Gasteiger partial charge in [0.2, 0.25) is 0 Å². The number of aliphatic hydroxyl groups excluding tert-OH is 1. The summed E-state index contributed by atoms with van der Waals surface area (Å²) in [5, 5.41) is 9.37. The lowest BCUT2D eigenvalue weighted by Crippen LogP contribution is -2.11. The zero-order valence-corrected chi connectivity index (χ0v) is 9.13. The Kier molecular flexibility index (Phi) is 2.10. The first-order chi connectivity index (χ1) is 7.33. The predicted molar refractivity (Wildman–Crippen MR) is 60.9 cm³/mol. The summed E-state index contributed by atoms with van der Waals surface area (Å²) in [4.78, 5) is 0. The molecule has 1 aromatic carbocycles. The summed E-state index contributed by atoms with van der Waals surface area (Å²) in [6.45, 7) is 0.372. The van der Waals surface area contributed by atoms with Gasteiger partial charge in [0, 0.05) is 6.61 Å². The van der Waals surface area contributed by atoms with Crippen molar-refractivity contribution in [2.45, 2.75) is 38.5 Å². The van der Waals surface area contributed by atoms with Gasteiger partial charge in [0.15, 0.2) is 0 Å². The zero-order valence-electron chi connectivity index (χ0n) is 9.13. The van der Waals surface area contributed by atoms with E-state index in [9.17, 15) is 5.11 Å². The second kappa shape index (κ2) is 3.34. The highest BCUT2D eigenvalue weighted by Crippen LogP contribution is 2.48. The van der Waals surface area contributed by atoms with Crippen molar-refractivity contribution in [3.63, 3.8) is 0 Å². The molecule has 0 bridgehead atoms. The van der Waals surface area contributed by atoms with Crippen molar-refractivity contribution in [3.8, 4) is 0 Å². The van der Waals surface area contributed by atoms with Gasteiger partial charge in [-0.05, 0) is 60.6 Å². The minimum atomic E-state index is 0.262. The molecule has 0 heterocycles. The molecule has 1 fully saturated rings. The third-order valence-corrected chi connectivity index (χ3v) is 4.10. The lowest BCUT2D eigenvalue weighted by molar-refractivity contribution is 0.211. The summed E-state index contributed by atoms with van der Waals surface area (Å²) >= 11 is 0. The summed E-state index contributed by atoms with van der Waals surface area (Å²) < 4.78 is 0. The van der Waals surface area contributed by atoms with E-state index in [4.69, 9.17) is 0 Å². The van der Waals surface area contributed by atoms with Crippen molar-refractivity contribution in [2.24, 2.45) is 5.41 Å². The minimum absolute atomic E-state index is 0.262. The number of fused-ring (bicyclic) bond motifs is 1. The maximum absolute atomic E-state index is 9.37. The SMILES string of the molecule is OCC1(Cc2cccc3c2CCC3)CC1. The van der Waals surface area contributed by atoms with Crippen molar-refractivity contribution < 1.29 is 5.11 Å². The van der Waals surface area contributed by atoms with Crippen LogP contribution < -0.4 is 0 Å². The molecule has 1 aromatic rings. The summed E-state index contributed by atoms with van der Waals surface area (Å²) in [7, 11) is 0. The number of rotatable bonds is 3. The van der Waals surface area contributed by atoms with Crippen LogP contribution >= 0.6 is 0 Å². The fourth-order valence-electron chi connectivity index (χ4n) is 2.84. The second-order valence-electron chi connectivity index (χ2n) is 5.24. The van der Waals surface area contributed by atoms with E-state index in [1.165, 1.54) is 37.7 Å². The Balaban J connectivity index is 1.89. The lowest BCUT2D eigenvalue weighted by atomic mass is 9.92. The average Bonchev–Trinajstić information content (AvgIpc) is 2.87. The van der Waals surface area contributed by atoms with E-state index in [0.29, 0.717) is 6.61 Å². The highest BCUT2D eigenvalue weighted by Gasteiger charge is 2.42. The average molecular weight is 202 g/mol. The Labute approximate surface area is 91.1 Å². The van der Waals surface area contributed by atoms with Crippen LogP contribution in [-0.2, 0) is 19.3 Å². The van der Waals surface area contributed by atoms with E-state index in [0.717, 1.165) is 6.42 Å². The number of benzene rings is 1. The first-order valence-electron chi connectivity index (χ1n) is 6.04. The molecule has 1 nitrogen and oxygen atoms in total. The van der Waals surface area contributed by atoms with Gasteiger partial charge in [0.25, 0.3) is 0 Å². The molecule has 1 saturated carbocycles. The molecular weight excluding hydrogens is 184 g/mol. The van der Waals surface area contributed by atoms with Gasteiger partial charge < -0.3 is 5.11 Å². The molecule has 15 heavy (non-hydrogen) atoms. The monoisotopic (exact) mass is 202 g/mol. The van der Waals surface area contributed by atoms with E-state index in [1.807, 2.05) is 0 Å². The van der Waals surface area contributed by atoms with E-state index in [-0.39, 0.29) is 5.41 Å². The lowest BCUT2D eigenvalue weighted by Gasteiger charge is -2.14. The van der Waals surface area contributed by atoms with Crippen molar-refractivity contribution in [1.82, 2.24) is 0 Å². The maximum atomic E-state index is 9.37. The largest absolute Gasteiger partial charge is 0.396 e. The van der Waals surface area contributed by atoms with Crippen LogP contribution in [0.25, 0.3) is 0 Å². The summed E-state index contributed by atoms with van der Waals surface area (Å²) in [6.07, 6.45) is 7.37. The van der Waals surface area contributed by atoms with Gasteiger partial charge in [-0.3, -0.25) is 0 Å². The molecule has 0 aromatic heterocycles. The van der Waals surface area contributed by atoms with Crippen molar-refractivity contribution in [3.05, 3.63) is 34.9 Å². The Hall–Kier alpha value is -0.820. The van der Waals surface area contributed by atoms with E-state index in [1.54, 1.807) is 11.1 Å². The van der Waals surface area contributed by atoms with Gasteiger partial charge in [0.1, 0.15) is 0 Å². The molecule has 2 aliphatic rings. The third-order valence-electron chi connectivity index (χ3n) is 4.10. The van der Waals surface area contributed by atoms with Crippen LogP contribution in [0.4, 0.5) is 0 Å². The fourth-order valence-corrected chi connectivity index (χ4v) is 2.84. The summed E-state index contributed by atoms with van der Waals surface area (Å²) in [6, 6.07) is 6.72. The number of hydrogen-bond acceptors (Lipinski definition) is 1. The molecule has 80 valence electrons. The van der Waals surface area contributed by atoms with Crippen LogP contribution in [0.5, 0.6) is 0 Å². The third kappa shape index (κ3) is 1.59. The van der Waals surface area contributed by atoms with Crippen molar-refractivity contribution in [1.29, 1.82) is 0 Å². The number of aliphatic hydroxyl groups is 1. The minimum Gasteiger partial charge on any atom is -0.396 e. The molecule has 0 saturated heterocycles. The highest BCUT2D eigenvalue weighted by molar-refractivity contribution is 5.39. The molecule has 2 aliphatic carbocycles. The van der Waals surface area contributed by atoms with Crippen LogP contribution in [0.3, 0.4) is 0 Å². The maximum Gasteiger partial charge on any atom is 0.0490 e. The van der Waals surface area contributed by atoms with Crippen molar-refractivity contribution >= 4 is 0 Å². The predicted octanol–water partition coefficient (Wildman–Crippen LogP) is 2.49. The normalized spacial score (nSPS) is 21.4. The van der Waals surface area contributed by atoms with Crippen LogP contribution in [0.1, 0.15) is 36.0 Å². The smallest absolute Gasteiger partial charge is 0.0490 e. The number of aryl methyl sites for hydroxylation is 1. The van der Waals surface area contributed by atoms with Crippen LogP contribution in [0.15, 0.2) is 18.2 Å². The van der Waals surface area contributed by atoms with E-state index < -0.39 is 0 Å². The molecule has 1 heteroatoms. The zero-order chi connectivity index (χ0) is 10.3. The van der Waals surface area contributed by atoms with Gasteiger partial charge in [-0.15, -0.1) is 0 Å². The summed E-state index contributed by atoms with van der Waals surface area (Å²) in [5.74, 6) is 0. The van der Waals surface area contributed by atoms with Gasteiger partial charge in [0.05, 0.1) is 0 Å². The van der Waals surface area contributed by atoms with Gasteiger partial charge >= 0.3 is 0 Å². The molecule has 0 aliphatic heterocycles. The molecular formula is C14H18O.